The van der Waals surface area contributed by atoms with Gasteiger partial charge in [0.15, 0.2) is 0 Å². The number of rotatable bonds is 4. The second-order valence-corrected chi connectivity index (χ2v) is 5.81. The van der Waals surface area contributed by atoms with E-state index in [1.165, 1.54) is 0 Å². The normalized spacial score (nSPS) is 13.0. The van der Waals surface area contributed by atoms with E-state index >= 15 is 0 Å². The molecule has 0 saturated heterocycles. The molecule has 0 amide bonds. The zero-order chi connectivity index (χ0) is 15.0. The van der Waals surface area contributed by atoms with Crippen LogP contribution in [-0.4, -0.2) is 24.5 Å². The molecule has 1 unspecified atom stereocenters. The summed E-state index contributed by atoms with van der Waals surface area (Å²) in [6.45, 7) is 4.79. The van der Waals surface area contributed by atoms with Crippen LogP contribution in [0.4, 0.5) is 0 Å². The van der Waals surface area contributed by atoms with Gasteiger partial charge in [0, 0.05) is 24.7 Å². The van der Waals surface area contributed by atoms with Crippen molar-refractivity contribution in [1.29, 1.82) is 0 Å². The Morgan fingerprint density at radius 3 is 2.95 bits per heavy atom. The van der Waals surface area contributed by atoms with Crippen molar-refractivity contribution >= 4 is 21.4 Å². The Kier molecular flexibility index (Phi) is 3.82. The monoisotopic (exact) mass is 348 g/mol. The highest BCUT2D eigenvalue weighted by Gasteiger charge is 2.19. The lowest BCUT2D eigenvalue weighted by Crippen LogP contribution is -2.08. The fourth-order valence-corrected chi connectivity index (χ4v) is 3.01. The third kappa shape index (κ3) is 2.49. The minimum absolute atomic E-state index is 0.505. The van der Waals surface area contributed by atoms with Gasteiger partial charge in [0.2, 0.25) is 0 Å². The van der Waals surface area contributed by atoms with E-state index in [0.29, 0.717) is 6.42 Å². The predicted octanol–water partition coefficient (Wildman–Crippen LogP) is 2.90. The van der Waals surface area contributed by atoms with E-state index in [1.54, 1.807) is 10.7 Å². The van der Waals surface area contributed by atoms with Crippen molar-refractivity contribution in [3.05, 3.63) is 52.0 Å². The van der Waals surface area contributed by atoms with E-state index in [4.69, 9.17) is 0 Å². The molecule has 0 fully saturated rings. The number of aryl methyl sites for hydroxylation is 2. The minimum Gasteiger partial charge on any atom is -0.388 e. The van der Waals surface area contributed by atoms with Gasteiger partial charge in [-0.15, -0.1) is 0 Å². The number of fused-ring (bicyclic) bond motifs is 1. The van der Waals surface area contributed by atoms with Crippen LogP contribution in [0.1, 0.15) is 30.0 Å². The van der Waals surface area contributed by atoms with Crippen molar-refractivity contribution in [1.82, 2.24) is 19.4 Å². The van der Waals surface area contributed by atoms with E-state index in [-0.39, 0.29) is 0 Å². The first-order valence-corrected chi connectivity index (χ1v) is 7.73. The van der Waals surface area contributed by atoms with Crippen molar-refractivity contribution in [3.63, 3.8) is 0 Å². The Balaban J connectivity index is 1.95. The number of pyridine rings is 1. The number of nitrogens with zero attached hydrogens (tertiary/aromatic N) is 4. The molecule has 0 aromatic carbocycles. The zero-order valence-electron chi connectivity index (χ0n) is 12.0. The number of aliphatic hydroxyl groups excluding tert-OH is 1. The van der Waals surface area contributed by atoms with Crippen LogP contribution < -0.4 is 0 Å². The molecule has 21 heavy (non-hydrogen) atoms. The van der Waals surface area contributed by atoms with Crippen molar-refractivity contribution in [3.8, 4) is 0 Å². The molecule has 110 valence electrons. The lowest BCUT2D eigenvalue weighted by molar-refractivity contribution is 0.176. The molecular formula is C15H17BrN4O. The maximum Gasteiger partial charge on any atom is 0.0882 e. The van der Waals surface area contributed by atoms with Crippen molar-refractivity contribution in [2.75, 3.05) is 0 Å². The summed E-state index contributed by atoms with van der Waals surface area (Å²) < 4.78 is 4.67. The number of aromatic nitrogens is 4. The third-order valence-electron chi connectivity index (χ3n) is 3.65. The van der Waals surface area contributed by atoms with E-state index in [0.717, 1.165) is 33.5 Å². The molecule has 3 rings (SSSR count). The van der Waals surface area contributed by atoms with Crippen molar-refractivity contribution in [2.45, 2.75) is 32.9 Å². The summed E-state index contributed by atoms with van der Waals surface area (Å²) in [7, 11) is 0. The van der Waals surface area contributed by atoms with E-state index < -0.39 is 6.10 Å². The second kappa shape index (κ2) is 5.61. The molecule has 0 aliphatic rings. The molecule has 0 aliphatic carbocycles. The van der Waals surface area contributed by atoms with Crippen LogP contribution in [0.5, 0.6) is 0 Å². The van der Waals surface area contributed by atoms with E-state index in [1.807, 2.05) is 42.9 Å². The molecule has 3 aromatic rings. The van der Waals surface area contributed by atoms with Gasteiger partial charge in [0.05, 0.1) is 33.7 Å². The fraction of sp³-hybridized carbons (Fsp3) is 0.333. The van der Waals surface area contributed by atoms with E-state index in [2.05, 4.69) is 26.1 Å². The molecule has 6 heteroatoms. The quantitative estimate of drug-likeness (QED) is 0.788. The Morgan fingerprint density at radius 2 is 2.19 bits per heavy atom. The summed E-state index contributed by atoms with van der Waals surface area (Å²) in [5, 5.41) is 19.3. The van der Waals surface area contributed by atoms with Gasteiger partial charge in [-0.2, -0.15) is 10.2 Å². The zero-order valence-corrected chi connectivity index (χ0v) is 13.6. The molecule has 0 radical (unpaired) electrons. The van der Waals surface area contributed by atoms with Crippen LogP contribution in [0.2, 0.25) is 0 Å². The van der Waals surface area contributed by atoms with Crippen molar-refractivity contribution in [2.24, 2.45) is 0 Å². The molecular weight excluding hydrogens is 332 g/mol. The maximum absolute atomic E-state index is 10.6. The molecule has 5 nitrogen and oxygen atoms in total. The highest BCUT2D eigenvalue weighted by Crippen LogP contribution is 2.28. The number of aliphatic hydroxyl groups is 1. The van der Waals surface area contributed by atoms with Gasteiger partial charge in [-0.1, -0.05) is 6.07 Å². The molecule has 0 spiro atoms. The van der Waals surface area contributed by atoms with Gasteiger partial charge in [-0.05, 0) is 41.9 Å². The first-order valence-electron chi connectivity index (χ1n) is 6.94. The van der Waals surface area contributed by atoms with Gasteiger partial charge in [0.25, 0.3) is 0 Å². The molecule has 0 saturated carbocycles. The van der Waals surface area contributed by atoms with Gasteiger partial charge in [-0.3, -0.25) is 4.68 Å². The number of halogens is 1. The lowest BCUT2D eigenvalue weighted by atomic mass is 10.1. The topological polar surface area (TPSA) is 55.3 Å². The predicted molar refractivity (Wildman–Crippen MR) is 84.2 cm³/mol. The summed E-state index contributed by atoms with van der Waals surface area (Å²) in [4.78, 5) is 0. The third-order valence-corrected chi connectivity index (χ3v) is 4.69. The fourth-order valence-electron chi connectivity index (χ4n) is 2.57. The van der Waals surface area contributed by atoms with Crippen LogP contribution in [0, 0.1) is 6.92 Å². The molecule has 3 aromatic heterocycles. The van der Waals surface area contributed by atoms with Gasteiger partial charge in [0.1, 0.15) is 0 Å². The summed E-state index contributed by atoms with van der Waals surface area (Å²) in [5.41, 5.74) is 3.72. The SMILES string of the molecule is CCn1nc(C)c(Br)c1CC(O)c1cnn2ccccc12. The van der Waals surface area contributed by atoms with Crippen LogP contribution in [0.25, 0.3) is 5.52 Å². The standard InChI is InChI=1S/C15H17BrN4O/c1-3-19-13(15(16)10(2)18-19)8-14(21)11-9-17-20-7-5-4-6-12(11)20/h4-7,9,14,21H,3,8H2,1-2H3. The summed E-state index contributed by atoms with van der Waals surface area (Å²) in [6, 6.07) is 5.83. The Labute approximate surface area is 131 Å². The molecule has 1 N–H and O–H groups in total. The minimum atomic E-state index is -0.609. The van der Waals surface area contributed by atoms with Gasteiger partial charge < -0.3 is 5.11 Å². The maximum atomic E-state index is 10.6. The summed E-state index contributed by atoms with van der Waals surface area (Å²) >= 11 is 3.57. The highest BCUT2D eigenvalue weighted by atomic mass is 79.9. The smallest absolute Gasteiger partial charge is 0.0882 e. The van der Waals surface area contributed by atoms with Crippen LogP contribution in [0.15, 0.2) is 35.1 Å². The average molecular weight is 349 g/mol. The first-order chi connectivity index (χ1) is 10.1. The number of hydrogen-bond acceptors (Lipinski definition) is 3. The lowest BCUT2D eigenvalue weighted by Gasteiger charge is -2.11. The molecule has 3 heterocycles. The Bertz CT molecular complexity index is 777. The highest BCUT2D eigenvalue weighted by molar-refractivity contribution is 9.10. The van der Waals surface area contributed by atoms with Gasteiger partial charge >= 0.3 is 0 Å². The van der Waals surface area contributed by atoms with Crippen LogP contribution in [-0.2, 0) is 13.0 Å². The largest absolute Gasteiger partial charge is 0.388 e. The molecule has 1 atom stereocenters. The van der Waals surface area contributed by atoms with E-state index in [9.17, 15) is 5.11 Å². The van der Waals surface area contributed by atoms with Crippen LogP contribution in [0.3, 0.4) is 0 Å². The molecule has 0 aliphatic heterocycles. The average Bonchev–Trinajstić information content (AvgIpc) is 3.03. The summed E-state index contributed by atoms with van der Waals surface area (Å²) in [5.74, 6) is 0. The Hall–Kier alpha value is -1.66. The van der Waals surface area contributed by atoms with Crippen molar-refractivity contribution < 1.29 is 5.11 Å². The number of hydrogen-bond donors (Lipinski definition) is 1. The molecule has 0 bridgehead atoms. The van der Waals surface area contributed by atoms with Crippen LogP contribution >= 0.6 is 15.9 Å². The Morgan fingerprint density at radius 1 is 1.38 bits per heavy atom. The van der Waals surface area contributed by atoms with Gasteiger partial charge in [-0.25, -0.2) is 4.52 Å². The second-order valence-electron chi connectivity index (χ2n) is 5.01. The first kappa shape index (κ1) is 14.3. The summed E-state index contributed by atoms with van der Waals surface area (Å²) in [6.07, 6.45) is 3.50.